The molecule has 0 N–H and O–H groups in total. The number of carbonyl (C=O) groups is 1. The Kier molecular flexibility index (Phi) is 4.07. The quantitative estimate of drug-likeness (QED) is 0.636. The van der Waals surface area contributed by atoms with E-state index in [0.29, 0.717) is 12.3 Å². The van der Waals surface area contributed by atoms with Gasteiger partial charge in [-0.05, 0) is 45.1 Å². The average Bonchev–Trinajstić information content (AvgIpc) is 2.43. The van der Waals surface area contributed by atoms with Gasteiger partial charge in [-0.3, -0.25) is 4.79 Å². The smallest absolute Gasteiger partial charge is 0.133 e. The molecule has 1 nitrogen and oxygen atoms in total. The molecule has 0 aliphatic heterocycles. The lowest BCUT2D eigenvalue weighted by atomic mass is 9.91. The van der Waals surface area contributed by atoms with E-state index in [4.69, 9.17) is 0 Å². The van der Waals surface area contributed by atoms with Crippen LogP contribution in [0.25, 0.3) is 0 Å². The second kappa shape index (κ2) is 5.11. The zero-order chi connectivity index (χ0) is 11.4. The number of carbonyl (C=O) groups excluding carboxylic acids is 1. The summed E-state index contributed by atoms with van der Waals surface area (Å²) >= 11 is 0. The maximum Gasteiger partial charge on any atom is 0.133 e. The standard InChI is InChI=1S/C14H20O/c1-10(2)9-13-7-5-11(3)14(13)8-6-12(4)15/h5,8,13H,1,6-7,9H2,2-4H3/b14-8+. The summed E-state index contributed by atoms with van der Waals surface area (Å²) in [6, 6.07) is 0. The predicted octanol–water partition coefficient (Wildman–Crippen LogP) is 3.82. The van der Waals surface area contributed by atoms with E-state index in [1.807, 2.05) is 0 Å². The highest BCUT2D eigenvalue weighted by atomic mass is 16.1. The monoisotopic (exact) mass is 204 g/mol. The molecule has 0 radical (unpaired) electrons. The minimum absolute atomic E-state index is 0.233. The first kappa shape index (κ1) is 12.0. The molecule has 0 spiro atoms. The summed E-state index contributed by atoms with van der Waals surface area (Å²) in [6.07, 6.45) is 7.06. The lowest BCUT2D eigenvalue weighted by Gasteiger charge is -2.13. The number of rotatable bonds is 4. The molecule has 1 aliphatic carbocycles. The molecule has 1 atom stereocenters. The van der Waals surface area contributed by atoms with Gasteiger partial charge in [-0.15, -0.1) is 6.58 Å². The summed E-state index contributed by atoms with van der Waals surface area (Å²) in [7, 11) is 0. The van der Waals surface area contributed by atoms with Crippen molar-refractivity contribution in [2.75, 3.05) is 0 Å². The fourth-order valence-corrected chi connectivity index (χ4v) is 2.08. The van der Waals surface area contributed by atoms with Crippen molar-refractivity contribution >= 4 is 5.78 Å². The molecular formula is C14H20O. The van der Waals surface area contributed by atoms with Crippen LogP contribution in [0.4, 0.5) is 0 Å². The number of hydrogen-bond acceptors (Lipinski definition) is 1. The molecule has 1 rings (SSSR count). The second-order valence-corrected chi connectivity index (χ2v) is 4.55. The minimum Gasteiger partial charge on any atom is -0.300 e. The van der Waals surface area contributed by atoms with Gasteiger partial charge in [0.2, 0.25) is 0 Å². The SMILES string of the molecule is C=C(C)CC1CC=C(C)/C1=C\CC(C)=O. The molecule has 0 aromatic rings. The van der Waals surface area contributed by atoms with Crippen LogP contribution in [-0.4, -0.2) is 5.78 Å². The van der Waals surface area contributed by atoms with Gasteiger partial charge in [-0.1, -0.05) is 23.3 Å². The predicted molar refractivity (Wildman–Crippen MR) is 64.7 cm³/mol. The molecule has 1 unspecified atom stereocenters. The van der Waals surface area contributed by atoms with Crippen molar-refractivity contribution in [1.82, 2.24) is 0 Å². The van der Waals surface area contributed by atoms with Crippen molar-refractivity contribution in [1.29, 1.82) is 0 Å². The molecule has 0 fully saturated rings. The third-order valence-electron chi connectivity index (χ3n) is 2.81. The summed E-state index contributed by atoms with van der Waals surface area (Å²) in [4.78, 5) is 11.0. The van der Waals surface area contributed by atoms with Crippen LogP contribution in [0.1, 0.15) is 40.0 Å². The van der Waals surface area contributed by atoms with E-state index in [1.54, 1.807) is 6.92 Å². The molecule has 0 saturated carbocycles. The van der Waals surface area contributed by atoms with Gasteiger partial charge in [-0.25, -0.2) is 0 Å². The fourth-order valence-electron chi connectivity index (χ4n) is 2.08. The van der Waals surface area contributed by atoms with Crippen molar-refractivity contribution < 1.29 is 4.79 Å². The molecule has 0 amide bonds. The first-order valence-corrected chi connectivity index (χ1v) is 5.51. The molecular weight excluding hydrogens is 184 g/mol. The van der Waals surface area contributed by atoms with Gasteiger partial charge >= 0.3 is 0 Å². The molecule has 0 bridgehead atoms. The summed E-state index contributed by atoms with van der Waals surface area (Å²) in [5.41, 5.74) is 3.91. The Bertz CT molecular complexity index is 331. The van der Waals surface area contributed by atoms with Crippen LogP contribution in [0, 0.1) is 5.92 Å². The first-order valence-electron chi connectivity index (χ1n) is 5.51. The summed E-state index contributed by atoms with van der Waals surface area (Å²) in [5, 5.41) is 0. The van der Waals surface area contributed by atoms with Gasteiger partial charge < -0.3 is 0 Å². The van der Waals surface area contributed by atoms with Crippen LogP contribution in [-0.2, 0) is 4.79 Å². The zero-order valence-corrected chi connectivity index (χ0v) is 9.97. The third-order valence-corrected chi connectivity index (χ3v) is 2.81. The van der Waals surface area contributed by atoms with Gasteiger partial charge in [0.05, 0.1) is 0 Å². The van der Waals surface area contributed by atoms with E-state index < -0.39 is 0 Å². The number of hydrogen-bond donors (Lipinski definition) is 0. The van der Waals surface area contributed by atoms with Crippen LogP contribution in [0.2, 0.25) is 0 Å². The number of ketones is 1. The van der Waals surface area contributed by atoms with Crippen molar-refractivity contribution in [3.63, 3.8) is 0 Å². The lowest BCUT2D eigenvalue weighted by Crippen LogP contribution is -2.00. The molecule has 1 aliphatic rings. The number of Topliss-reactive ketones (excluding diaryl/α,β-unsaturated/α-hetero) is 1. The largest absolute Gasteiger partial charge is 0.300 e. The second-order valence-electron chi connectivity index (χ2n) is 4.55. The van der Waals surface area contributed by atoms with Gasteiger partial charge in [0.15, 0.2) is 0 Å². The van der Waals surface area contributed by atoms with Crippen LogP contribution in [0.15, 0.2) is 35.5 Å². The normalized spacial score (nSPS) is 23.0. The topological polar surface area (TPSA) is 17.1 Å². The van der Waals surface area contributed by atoms with Gasteiger partial charge in [0.25, 0.3) is 0 Å². The molecule has 0 heterocycles. The molecule has 1 heteroatoms. The van der Waals surface area contributed by atoms with Crippen molar-refractivity contribution in [3.05, 3.63) is 35.5 Å². The highest BCUT2D eigenvalue weighted by Crippen LogP contribution is 2.35. The van der Waals surface area contributed by atoms with Gasteiger partial charge in [-0.2, -0.15) is 0 Å². The fraction of sp³-hybridized carbons (Fsp3) is 0.500. The molecule has 0 aromatic carbocycles. The highest BCUT2D eigenvalue weighted by Gasteiger charge is 2.20. The third kappa shape index (κ3) is 3.50. The average molecular weight is 204 g/mol. The Morgan fingerprint density at radius 2 is 2.27 bits per heavy atom. The Balaban J connectivity index is 2.72. The van der Waals surface area contributed by atoms with E-state index in [9.17, 15) is 4.79 Å². The van der Waals surface area contributed by atoms with Crippen LogP contribution in [0.5, 0.6) is 0 Å². The van der Waals surface area contributed by atoms with E-state index in [1.165, 1.54) is 16.7 Å². The molecule has 15 heavy (non-hydrogen) atoms. The lowest BCUT2D eigenvalue weighted by molar-refractivity contribution is -0.116. The molecule has 0 saturated heterocycles. The van der Waals surface area contributed by atoms with Gasteiger partial charge in [0.1, 0.15) is 5.78 Å². The van der Waals surface area contributed by atoms with E-state index in [2.05, 4.69) is 32.6 Å². The Labute approximate surface area is 92.6 Å². The number of allylic oxidation sites excluding steroid dienone is 5. The van der Waals surface area contributed by atoms with Crippen molar-refractivity contribution in [2.24, 2.45) is 5.92 Å². The maximum atomic E-state index is 11.0. The Hall–Kier alpha value is -1.11. The Morgan fingerprint density at radius 1 is 1.60 bits per heavy atom. The van der Waals surface area contributed by atoms with Crippen LogP contribution in [0.3, 0.4) is 0 Å². The maximum absolute atomic E-state index is 11.0. The van der Waals surface area contributed by atoms with E-state index >= 15 is 0 Å². The summed E-state index contributed by atoms with van der Waals surface area (Å²) < 4.78 is 0. The molecule has 0 aromatic heterocycles. The summed E-state index contributed by atoms with van der Waals surface area (Å²) in [5.74, 6) is 0.790. The van der Waals surface area contributed by atoms with Gasteiger partial charge in [0, 0.05) is 6.42 Å². The van der Waals surface area contributed by atoms with E-state index in [0.717, 1.165) is 12.8 Å². The summed E-state index contributed by atoms with van der Waals surface area (Å²) in [6.45, 7) is 9.79. The van der Waals surface area contributed by atoms with Crippen molar-refractivity contribution in [2.45, 2.75) is 40.0 Å². The van der Waals surface area contributed by atoms with Crippen LogP contribution < -0.4 is 0 Å². The van der Waals surface area contributed by atoms with Crippen molar-refractivity contribution in [3.8, 4) is 0 Å². The minimum atomic E-state index is 0.233. The molecule has 82 valence electrons. The Morgan fingerprint density at radius 3 is 2.80 bits per heavy atom. The van der Waals surface area contributed by atoms with Crippen LogP contribution >= 0.6 is 0 Å². The highest BCUT2D eigenvalue weighted by molar-refractivity contribution is 5.77. The zero-order valence-electron chi connectivity index (χ0n) is 9.97. The first-order chi connectivity index (χ1) is 7.00. The van der Waals surface area contributed by atoms with E-state index in [-0.39, 0.29) is 5.78 Å².